The number of nitrogens with two attached hydrogens (primary N) is 1. The van der Waals surface area contributed by atoms with Gasteiger partial charge in [0.15, 0.2) is 0 Å². The molecule has 2 rings (SSSR count). The lowest BCUT2D eigenvalue weighted by molar-refractivity contribution is 0.319. The van der Waals surface area contributed by atoms with Gasteiger partial charge in [-0.15, -0.1) is 0 Å². The summed E-state index contributed by atoms with van der Waals surface area (Å²) < 4.78 is 0.949. The quantitative estimate of drug-likeness (QED) is 0.617. The van der Waals surface area contributed by atoms with Crippen molar-refractivity contribution in [3.8, 4) is 6.07 Å². The van der Waals surface area contributed by atoms with Crippen molar-refractivity contribution < 1.29 is 5.21 Å². The second kappa shape index (κ2) is 4.82. The molecular weight excluding hydrogens is 302 g/mol. The van der Waals surface area contributed by atoms with E-state index in [1.54, 1.807) is 0 Å². The van der Waals surface area contributed by atoms with E-state index >= 15 is 0 Å². The van der Waals surface area contributed by atoms with E-state index in [9.17, 15) is 0 Å². The van der Waals surface area contributed by atoms with E-state index in [2.05, 4.69) is 27.2 Å². The Hall–Kier alpha value is -1.45. The standard InChI is InChI=1S/C11H8BrN3OS/c12-7-3-1-6(2-4-7)9-8(5-13)10(14)17-11(9)15-16/h1-4,9,16H,14H2. The van der Waals surface area contributed by atoms with Gasteiger partial charge in [0.2, 0.25) is 0 Å². The average Bonchev–Trinajstić information content (AvgIpc) is 2.66. The van der Waals surface area contributed by atoms with Crippen molar-refractivity contribution in [3.63, 3.8) is 0 Å². The van der Waals surface area contributed by atoms with Crippen molar-refractivity contribution in [2.75, 3.05) is 0 Å². The molecule has 6 heteroatoms. The average molecular weight is 310 g/mol. The van der Waals surface area contributed by atoms with Crippen LogP contribution >= 0.6 is 27.7 Å². The molecule has 4 nitrogen and oxygen atoms in total. The summed E-state index contributed by atoms with van der Waals surface area (Å²) in [6, 6.07) is 9.56. The predicted molar refractivity (Wildman–Crippen MR) is 70.5 cm³/mol. The molecule has 0 aromatic heterocycles. The van der Waals surface area contributed by atoms with Crippen LogP contribution in [0.3, 0.4) is 0 Å². The van der Waals surface area contributed by atoms with Crippen LogP contribution in [-0.4, -0.2) is 10.3 Å². The number of halogens is 1. The molecule has 1 unspecified atom stereocenters. The van der Waals surface area contributed by atoms with Crippen molar-refractivity contribution in [1.82, 2.24) is 0 Å². The van der Waals surface area contributed by atoms with Crippen molar-refractivity contribution in [2.24, 2.45) is 10.9 Å². The first-order valence-corrected chi connectivity index (χ1v) is 6.33. The monoisotopic (exact) mass is 309 g/mol. The van der Waals surface area contributed by atoms with E-state index in [1.807, 2.05) is 24.3 Å². The molecule has 0 fully saturated rings. The predicted octanol–water partition coefficient (Wildman–Crippen LogP) is 2.76. The zero-order valence-electron chi connectivity index (χ0n) is 8.59. The molecule has 0 aliphatic carbocycles. The fraction of sp³-hybridized carbons (Fsp3) is 0.0909. The second-order valence-corrected chi connectivity index (χ2v) is 5.39. The molecule has 0 saturated carbocycles. The third-order valence-corrected chi connectivity index (χ3v) is 3.93. The molecule has 0 radical (unpaired) electrons. The van der Waals surface area contributed by atoms with E-state index in [-0.39, 0.29) is 5.92 Å². The number of hydrogen-bond acceptors (Lipinski definition) is 5. The third-order valence-electron chi connectivity index (χ3n) is 2.44. The van der Waals surface area contributed by atoms with Gasteiger partial charge in [0.05, 0.1) is 22.6 Å². The van der Waals surface area contributed by atoms with Gasteiger partial charge in [-0.1, -0.05) is 45.0 Å². The lowest BCUT2D eigenvalue weighted by Crippen LogP contribution is -2.06. The van der Waals surface area contributed by atoms with Crippen molar-refractivity contribution in [2.45, 2.75) is 5.92 Å². The SMILES string of the molecule is N#CC1=C(N)SC(=NO)C1c1ccc(Br)cc1. The maximum absolute atomic E-state index is 9.09. The minimum absolute atomic E-state index is 0.358. The highest BCUT2D eigenvalue weighted by atomic mass is 79.9. The van der Waals surface area contributed by atoms with Gasteiger partial charge < -0.3 is 10.9 Å². The van der Waals surface area contributed by atoms with E-state index in [0.717, 1.165) is 21.8 Å². The number of hydrogen-bond donors (Lipinski definition) is 2. The summed E-state index contributed by atoms with van der Waals surface area (Å²) in [4.78, 5) is 0. The smallest absolute Gasteiger partial charge is 0.131 e. The molecule has 1 aromatic carbocycles. The number of nitriles is 1. The highest BCUT2D eigenvalue weighted by molar-refractivity contribution is 9.10. The Morgan fingerprint density at radius 2 is 2.06 bits per heavy atom. The van der Waals surface area contributed by atoms with E-state index in [1.165, 1.54) is 0 Å². The summed E-state index contributed by atoms with van der Waals surface area (Å²) in [6.45, 7) is 0. The maximum Gasteiger partial charge on any atom is 0.131 e. The number of benzene rings is 1. The normalized spacial score (nSPS) is 21.9. The van der Waals surface area contributed by atoms with Crippen molar-refractivity contribution >= 4 is 32.7 Å². The van der Waals surface area contributed by atoms with E-state index < -0.39 is 0 Å². The lowest BCUT2D eigenvalue weighted by Gasteiger charge is -2.10. The molecule has 1 heterocycles. The summed E-state index contributed by atoms with van der Waals surface area (Å²) in [5, 5.41) is 22.1. The van der Waals surface area contributed by atoms with Crippen LogP contribution in [0.4, 0.5) is 0 Å². The molecule has 0 saturated heterocycles. The van der Waals surface area contributed by atoms with Gasteiger partial charge in [-0.3, -0.25) is 0 Å². The molecule has 86 valence electrons. The van der Waals surface area contributed by atoms with Crippen LogP contribution in [0, 0.1) is 11.3 Å². The van der Waals surface area contributed by atoms with Crippen LogP contribution in [0.15, 0.2) is 44.5 Å². The highest BCUT2D eigenvalue weighted by Crippen LogP contribution is 2.41. The number of thioether (sulfide) groups is 1. The molecule has 17 heavy (non-hydrogen) atoms. The minimum atomic E-state index is -0.358. The topological polar surface area (TPSA) is 82.4 Å². The summed E-state index contributed by atoms with van der Waals surface area (Å²) in [5.74, 6) is -0.358. The van der Waals surface area contributed by atoms with Gasteiger partial charge in [0, 0.05) is 4.47 Å². The number of nitrogens with zero attached hydrogens (tertiary/aromatic N) is 2. The molecular formula is C11H8BrN3OS. The van der Waals surface area contributed by atoms with Crippen molar-refractivity contribution in [1.29, 1.82) is 5.26 Å². The van der Waals surface area contributed by atoms with Gasteiger partial charge in [-0.25, -0.2) is 0 Å². The van der Waals surface area contributed by atoms with E-state index in [4.69, 9.17) is 16.2 Å². The summed E-state index contributed by atoms with van der Waals surface area (Å²) in [5.41, 5.74) is 7.05. The van der Waals surface area contributed by atoms with Crippen LogP contribution < -0.4 is 5.73 Å². The lowest BCUT2D eigenvalue weighted by atomic mass is 9.93. The van der Waals surface area contributed by atoms with Gasteiger partial charge in [0.1, 0.15) is 5.04 Å². The first-order valence-electron chi connectivity index (χ1n) is 4.72. The molecule has 1 atom stereocenters. The number of rotatable bonds is 1. The third kappa shape index (κ3) is 2.16. The van der Waals surface area contributed by atoms with Gasteiger partial charge >= 0.3 is 0 Å². The Morgan fingerprint density at radius 1 is 1.41 bits per heavy atom. The molecule has 3 N–H and O–H groups in total. The zero-order chi connectivity index (χ0) is 12.4. The Morgan fingerprint density at radius 3 is 2.59 bits per heavy atom. The Labute approximate surface area is 111 Å². The zero-order valence-corrected chi connectivity index (χ0v) is 11.0. The highest BCUT2D eigenvalue weighted by Gasteiger charge is 2.33. The van der Waals surface area contributed by atoms with Gasteiger partial charge in [0.25, 0.3) is 0 Å². The molecule has 0 amide bonds. The molecule has 1 aromatic rings. The summed E-state index contributed by atoms with van der Waals surface area (Å²) >= 11 is 4.47. The Kier molecular flexibility index (Phi) is 3.41. The minimum Gasteiger partial charge on any atom is -0.410 e. The summed E-state index contributed by atoms with van der Waals surface area (Å²) in [7, 11) is 0. The van der Waals surface area contributed by atoms with Crippen LogP contribution in [0.1, 0.15) is 11.5 Å². The fourth-order valence-electron chi connectivity index (χ4n) is 1.65. The van der Waals surface area contributed by atoms with Crippen molar-refractivity contribution in [3.05, 3.63) is 44.9 Å². The number of oxime groups is 1. The van der Waals surface area contributed by atoms with Crippen LogP contribution in [0.5, 0.6) is 0 Å². The molecule has 0 bridgehead atoms. The fourth-order valence-corrected chi connectivity index (χ4v) is 2.83. The first kappa shape index (κ1) is 12.0. The molecule has 0 spiro atoms. The second-order valence-electron chi connectivity index (χ2n) is 3.41. The Bertz CT molecular complexity index is 545. The largest absolute Gasteiger partial charge is 0.410 e. The molecule has 1 aliphatic rings. The molecule has 1 aliphatic heterocycles. The van der Waals surface area contributed by atoms with E-state index in [0.29, 0.717) is 15.6 Å². The number of allylic oxidation sites excluding steroid dienone is 1. The van der Waals surface area contributed by atoms with Crippen LogP contribution in [-0.2, 0) is 0 Å². The summed E-state index contributed by atoms with van der Waals surface area (Å²) in [6.07, 6.45) is 0. The van der Waals surface area contributed by atoms with Gasteiger partial charge in [-0.2, -0.15) is 5.26 Å². The van der Waals surface area contributed by atoms with Crippen LogP contribution in [0.2, 0.25) is 0 Å². The Balaban J connectivity index is 2.49. The first-order chi connectivity index (χ1) is 8.17. The van der Waals surface area contributed by atoms with Crippen LogP contribution in [0.25, 0.3) is 0 Å². The maximum atomic E-state index is 9.09. The van der Waals surface area contributed by atoms with Gasteiger partial charge in [-0.05, 0) is 17.7 Å².